The fourth-order valence-corrected chi connectivity index (χ4v) is 1.87. The highest BCUT2D eigenvalue weighted by molar-refractivity contribution is 6.17. The van der Waals surface area contributed by atoms with Crippen molar-refractivity contribution in [1.29, 1.82) is 0 Å². The second kappa shape index (κ2) is 6.10. The van der Waals surface area contributed by atoms with Crippen molar-refractivity contribution in [3.63, 3.8) is 0 Å². The molecule has 0 amide bonds. The third kappa shape index (κ3) is 4.27. The summed E-state index contributed by atoms with van der Waals surface area (Å²) in [4.78, 5) is 11.2. The van der Waals surface area contributed by atoms with Crippen LogP contribution in [0.25, 0.3) is 0 Å². The number of hydrogen-bond acceptors (Lipinski definition) is 3. The van der Waals surface area contributed by atoms with Crippen molar-refractivity contribution in [2.75, 3.05) is 18.0 Å². The number of nitro benzene ring substituents is 1. The molecule has 1 aromatic carbocycles. The molecule has 0 aliphatic rings. The average Bonchev–Trinajstić information content (AvgIpc) is 2.33. The van der Waals surface area contributed by atoms with Gasteiger partial charge in [-0.1, -0.05) is 0 Å². The molecule has 0 spiro atoms. The van der Waals surface area contributed by atoms with Crippen LogP contribution in [0.15, 0.2) is 18.2 Å². The van der Waals surface area contributed by atoms with Crippen molar-refractivity contribution in [3.05, 3.63) is 33.9 Å². The standard InChI is InChI=1S/C11H12ClF3N2O2/c1-2-16(7-11(13,14)15)9-3-4-10(17(18)19)8(5-9)6-12/h3-5H,2,6-7H2,1H3. The molecule has 0 saturated carbocycles. The number of rotatable bonds is 5. The normalized spacial score (nSPS) is 11.4. The number of hydrogen-bond donors (Lipinski definition) is 0. The van der Waals surface area contributed by atoms with Gasteiger partial charge in [0.25, 0.3) is 5.69 Å². The first-order chi connectivity index (χ1) is 8.78. The van der Waals surface area contributed by atoms with E-state index in [1.54, 1.807) is 6.92 Å². The van der Waals surface area contributed by atoms with E-state index in [1.807, 2.05) is 0 Å². The Labute approximate surface area is 112 Å². The highest BCUT2D eigenvalue weighted by atomic mass is 35.5. The van der Waals surface area contributed by atoms with Gasteiger partial charge in [0.1, 0.15) is 6.54 Å². The summed E-state index contributed by atoms with van der Waals surface area (Å²) < 4.78 is 37.2. The number of benzene rings is 1. The summed E-state index contributed by atoms with van der Waals surface area (Å²) in [6.07, 6.45) is -4.33. The van der Waals surface area contributed by atoms with E-state index in [-0.39, 0.29) is 29.4 Å². The topological polar surface area (TPSA) is 46.4 Å². The lowest BCUT2D eigenvalue weighted by Crippen LogP contribution is -2.34. The molecule has 0 heterocycles. The first kappa shape index (κ1) is 15.6. The van der Waals surface area contributed by atoms with Crippen LogP contribution < -0.4 is 4.90 Å². The van der Waals surface area contributed by atoms with Crippen LogP contribution in [0.1, 0.15) is 12.5 Å². The lowest BCUT2D eigenvalue weighted by Gasteiger charge is -2.24. The molecule has 0 N–H and O–H groups in total. The van der Waals surface area contributed by atoms with Crippen LogP contribution in [0.4, 0.5) is 24.5 Å². The van der Waals surface area contributed by atoms with E-state index < -0.39 is 17.6 Å². The lowest BCUT2D eigenvalue weighted by atomic mass is 10.1. The van der Waals surface area contributed by atoms with E-state index in [1.165, 1.54) is 18.2 Å². The Morgan fingerprint density at radius 3 is 2.47 bits per heavy atom. The molecular formula is C11H12ClF3N2O2. The molecule has 8 heteroatoms. The van der Waals surface area contributed by atoms with Gasteiger partial charge in [-0.2, -0.15) is 13.2 Å². The zero-order valence-electron chi connectivity index (χ0n) is 10.1. The molecule has 0 atom stereocenters. The number of anilines is 1. The molecule has 0 aliphatic heterocycles. The van der Waals surface area contributed by atoms with Gasteiger partial charge in [-0.05, 0) is 19.1 Å². The summed E-state index contributed by atoms with van der Waals surface area (Å²) in [6.45, 7) is 0.607. The van der Waals surface area contributed by atoms with Crippen LogP contribution in [0.5, 0.6) is 0 Å². The number of nitro groups is 1. The Kier molecular flexibility index (Phi) is 4.99. The Morgan fingerprint density at radius 1 is 1.42 bits per heavy atom. The van der Waals surface area contributed by atoms with Crippen LogP contribution in [0, 0.1) is 10.1 Å². The zero-order chi connectivity index (χ0) is 14.6. The van der Waals surface area contributed by atoms with Crippen LogP contribution in [0.3, 0.4) is 0 Å². The highest BCUT2D eigenvalue weighted by Gasteiger charge is 2.30. The smallest absolute Gasteiger partial charge is 0.363 e. The fraction of sp³-hybridized carbons (Fsp3) is 0.455. The van der Waals surface area contributed by atoms with Crippen molar-refractivity contribution in [2.24, 2.45) is 0 Å². The van der Waals surface area contributed by atoms with Gasteiger partial charge in [-0.15, -0.1) is 11.6 Å². The number of halogens is 4. The van der Waals surface area contributed by atoms with E-state index in [0.717, 1.165) is 4.90 Å². The second-order valence-corrected chi connectivity index (χ2v) is 4.10. The fourth-order valence-electron chi connectivity index (χ4n) is 1.66. The van der Waals surface area contributed by atoms with E-state index in [2.05, 4.69) is 0 Å². The maximum atomic E-state index is 12.4. The largest absolute Gasteiger partial charge is 0.405 e. The second-order valence-electron chi connectivity index (χ2n) is 3.83. The van der Waals surface area contributed by atoms with Gasteiger partial charge < -0.3 is 4.90 Å². The molecule has 106 valence electrons. The summed E-state index contributed by atoms with van der Waals surface area (Å²) in [5.41, 5.74) is 0.271. The molecule has 0 unspecified atom stereocenters. The quantitative estimate of drug-likeness (QED) is 0.472. The molecule has 0 radical (unpaired) electrons. The minimum Gasteiger partial charge on any atom is -0.363 e. The van der Waals surface area contributed by atoms with Crippen molar-refractivity contribution < 1.29 is 18.1 Å². The van der Waals surface area contributed by atoms with Crippen molar-refractivity contribution >= 4 is 23.0 Å². The Morgan fingerprint density at radius 2 is 2.05 bits per heavy atom. The van der Waals surface area contributed by atoms with Crippen LogP contribution in [0.2, 0.25) is 0 Å². The van der Waals surface area contributed by atoms with Crippen LogP contribution in [-0.4, -0.2) is 24.2 Å². The van der Waals surface area contributed by atoms with Gasteiger partial charge in [0.15, 0.2) is 0 Å². The van der Waals surface area contributed by atoms with Crippen molar-refractivity contribution in [1.82, 2.24) is 0 Å². The Balaban J connectivity index is 3.09. The lowest BCUT2D eigenvalue weighted by molar-refractivity contribution is -0.385. The molecule has 19 heavy (non-hydrogen) atoms. The summed E-state index contributed by atoms with van der Waals surface area (Å²) in [5, 5.41) is 10.7. The van der Waals surface area contributed by atoms with Gasteiger partial charge in [0.2, 0.25) is 0 Å². The summed E-state index contributed by atoms with van der Waals surface area (Å²) in [5.74, 6) is -0.131. The highest BCUT2D eigenvalue weighted by Crippen LogP contribution is 2.28. The average molecular weight is 297 g/mol. The Hall–Kier alpha value is -1.50. The van der Waals surface area contributed by atoms with Gasteiger partial charge in [-0.25, -0.2) is 0 Å². The minimum absolute atomic E-state index is 0.131. The first-order valence-corrected chi connectivity index (χ1v) is 5.97. The molecule has 0 fully saturated rings. The zero-order valence-corrected chi connectivity index (χ0v) is 10.8. The molecular weight excluding hydrogens is 285 g/mol. The first-order valence-electron chi connectivity index (χ1n) is 5.43. The van der Waals surface area contributed by atoms with Gasteiger partial charge in [0.05, 0.1) is 10.8 Å². The Bertz CT molecular complexity index is 466. The molecule has 0 saturated heterocycles. The van der Waals surface area contributed by atoms with Gasteiger partial charge in [0, 0.05) is 23.9 Å². The van der Waals surface area contributed by atoms with E-state index in [9.17, 15) is 23.3 Å². The van der Waals surface area contributed by atoms with E-state index in [0.29, 0.717) is 0 Å². The molecule has 4 nitrogen and oxygen atoms in total. The molecule has 1 aromatic rings. The maximum absolute atomic E-state index is 12.4. The van der Waals surface area contributed by atoms with Crippen molar-refractivity contribution in [2.45, 2.75) is 19.0 Å². The number of alkyl halides is 4. The molecule has 0 bridgehead atoms. The monoisotopic (exact) mass is 296 g/mol. The van der Waals surface area contributed by atoms with Gasteiger partial charge in [-0.3, -0.25) is 10.1 Å². The van der Waals surface area contributed by atoms with Crippen LogP contribution >= 0.6 is 11.6 Å². The van der Waals surface area contributed by atoms with E-state index >= 15 is 0 Å². The molecule has 1 rings (SSSR count). The summed E-state index contributed by atoms with van der Waals surface area (Å²) in [6, 6.07) is 3.79. The SMILES string of the molecule is CCN(CC(F)(F)F)c1ccc([N+](=O)[O-])c(CCl)c1. The minimum atomic E-state index is -4.33. The predicted octanol–water partition coefficient (Wildman–Crippen LogP) is 3.72. The predicted molar refractivity (Wildman–Crippen MR) is 66.6 cm³/mol. The molecule has 0 aliphatic carbocycles. The van der Waals surface area contributed by atoms with E-state index in [4.69, 9.17) is 11.6 Å². The molecule has 0 aromatic heterocycles. The maximum Gasteiger partial charge on any atom is 0.405 e. The third-order valence-electron chi connectivity index (χ3n) is 2.52. The van der Waals surface area contributed by atoms with Crippen molar-refractivity contribution in [3.8, 4) is 0 Å². The third-order valence-corrected chi connectivity index (χ3v) is 2.81. The van der Waals surface area contributed by atoms with Crippen LogP contribution in [-0.2, 0) is 5.88 Å². The number of nitrogens with zero attached hydrogens (tertiary/aromatic N) is 2. The summed E-state index contributed by atoms with van der Waals surface area (Å²) in [7, 11) is 0. The summed E-state index contributed by atoms with van der Waals surface area (Å²) >= 11 is 5.58. The van der Waals surface area contributed by atoms with Gasteiger partial charge >= 0.3 is 6.18 Å².